The Hall–Kier alpha value is 0.270. The van der Waals surface area contributed by atoms with E-state index in [-0.39, 0.29) is 6.23 Å². The molecule has 1 N–H and O–H groups in total. The van der Waals surface area contributed by atoms with Gasteiger partial charge in [0.15, 0.2) is 0 Å². The number of aliphatic hydroxyl groups excluding tert-OH is 1. The Morgan fingerprint density at radius 3 is 2.86 bits per heavy atom. The van der Waals surface area contributed by atoms with Crippen molar-refractivity contribution < 1.29 is 5.11 Å². The molecule has 0 amide bonds. The van der Waals surface area contributed by atoms with Gasteiger partial charge in [0, 0.05) is 5.75 Å². The Balaban J connectivity index is 2.12. The first-order valence-electron chi connectivity index (χ1n) is 2.40. The van der Waals surface area contributed by atoms with E-state index in [2.05, 4.69) is 4.72 Å². The van der Waals surface area contributed by atoms with Gasteiger partial charge in [0.2, 0.25) is 0 Å². The van der Waals surface area contributed by atoms with Gasteiger partial charge in [0.1, 0.15) is 6.23 Å². The van der Waals surface area contributed by atoms with Crippen LogP contribution < -0.4 is 4.72 Å². The summed E-state index contributed by atoms with van der Waals surface area (Å²) in [6, 6.07) is 0. The minimum atomic E-state index is -0.376. The molecular weight excluding hydrogens is 110 g/mol. The Labute approximate surface area is 47.4 Å². The second-order valence-electron chi connectivity index (χ2n) is 1.56. The first kappa shape index (κ1) is 5.41. The number of nitrogens with zero attached hydrogens (tertiary/aromatic N) is 1. The molecule has 1 aliphatic rings. The molecule has 1 aliphatic heterocycles. The topological polar surface area (TPSA) is 34.3 Å². The lowest BCUT2D eigenvalue weighted by Gasteiger charge is -2.13. The second-order valence-corrected chi connectivity index (χ2v) is 2.44. The van der Waals surface area contributed by atoms with E-state index < -0.39 is 0 Å². The van der Waals surface area contributed by atoms with Crippen LogP contribution in [0.1, 0.15) is 12.8 Å². The quantitative estimate of drug-likeness (QED) is 0.466. The van der Waals surface area contributed by atoms with Gasteiger partial charge in [-0.15, -0.1) is 4.72 Å². The van der Waals surface area contributed by atoms with E-state index in [1.807, 2.05) is 0 Å². The highest BCUT2D eigenvalue weighted by Crippen LogP contribution is 2.12. The maximum atomic E-state index is 8.72. The lowest BCUT2D eigenvalue weighted by atomic mass is 10.3. The summed E-state index contributed by atoms with van der Waals surface area (Å²) in [6.45, 7) is 0. The fourth-order valence-corrected chi connectivity index (χ4v) is 1.20. The van der Waals surface area contributed by atoms with Crippen molar-refractivity contribution in [2.24, 2.45) is 0 Å². The SMILES string of the molecule is OC1CCCS[N]1. The Bertz CT molecular complexity index is 53.7. The summed E-state index contributed by atoms with van der Waals surface area (Å²) >= 11 is 1.48. The van der Waals surface area contributed by atoms with E-state index in [1.54, 1.807) is 0 Å². The first-order valence-corrected chi connectivity index (χ1v) is 3.34. The first-order chi connectivity index (χ1) is 3.39. The zero-order valence-electron chi connectivity index (χ0n) is 4.00. The molecule has 0 spiro atoms. The molecule has 0 aromatic rings. The molecule has 3 heteroatoms. The van der Waals surface area contributed by atoms with Gasteiger partial charge in [0.05, 0.1) is 0 Å². The summed E-state index contributed by atoms with van der Waals surface area (Å²) in [4.78, 5) is 0. The minimum absolute atomic E-state index is 0.376. The summed E-state index contributed by atoms with van der Waals surface area (Å²) in [7, 11) is 0. The zero-order valence-corrected chi connectivity index (χ0v) is 4.82. The molecule has 0 aliphatic carbocycles. The third-order valence-electron chi connectivity index (χ3n) is 0.894. The minimum Gasteiger partial charge on any atom is -0.376 e. The third kappa shape index (κ3) is 1.67. The molecule has 41 valence electrons. The monoisotopic (exact) mass is 118 g/mol. The van der Waals surface area contributed by atoms with E-state index in [0.717, 1.165) is 18.6 Å². The summed E-state index contributed by atoms with van der Waals surface area (Å²) < 4.78 is 3.80. The average molecular weight is 118 g/mol. The molecule has 1 fully saturated rings. The van der Waals surface area contributed by atoms with Crippen molar-refractivity contribution in [1.29, 1.82) is 0 Å². The van der Waals surface area contributed by atoms with Gasteiger partial charge < -0.3 is 5.11 Å². The van der Waals surface area contributed by atoms with Crippen molar-refractivity contribution in [1.82, 2.24) is 4.72 Å². The van der Waals surface area contributed by atoms with Crippen molar-refractivity contribution >= 4 is 11.9 Å². The molecule has 1 unspecified atom stereocenters. The summed E-state index contributed by atoms with van der Waals surface area (Å²) in [6.07, 6.45) is 1.58. The van der Waals surface area contributed by atoms with Gasteiger partial charge in [-0.1, -0.05) is 11.9 Å². The van der Waals surface area contributed by atoms with Crippen molar-refractivity contribution in [2.45, 2.75) is 19.1 Å². The molecule has 0 aromatic heterocycles. The van der Waals surface area contributed by atoms with E-state index in [9.17, 15) is 0 Å². The fraction of sp³-hybridized carbons (Fsp3) is 1.00. The van der Waals surface area contributed by atoms with Gasteiger partial charge >= 0.3 is 0 Å². The highest BCUT2D eigenvalue weighted by Gasteiger charge is 2.08. The van der Waals surface area contributed by atoms with Crippen LogP contribution in [0.4, 0.5) is 0 Å². The van der Waals surface area contributed by atoms with Crippen LogP contribution in [0.25, 0.3) is 0 Å². The third-order valence-corrected chi connectivity index (χ3v) is 1.76. The van der Waals surface area contributed by atoms with Crippen LogP contribution in [-0.4, -0.2) is 17.1 Å². The van der Waals surface area contributed by atoms with Gasteiger partial charge in [-0.3, -0.25) is 0 Å². The Kier molecular flexibility index (Phi) is 1.97. The molecule has 1 atom stereocenters. The normalized spacial score (nSPS) is 33.0. The average Bonchev–Trinajstić information content (AvgIpc) is 1.69. The highest BCUT2D eigenvalue weighted by molar-refractivity contribution is 7.97. The van der Waals surface area contributed by atoms with Crippen LogP contribution in [-0.2, 0) is 0 Å². The maximum Gasteiger partial charge on any atom is 0.131 e. The molecule has 0 bridgehead atoms. The molecule has 1 saturated heterocycles. The van der Waals surface area contributed by atoms with Crippen LogP contribution in [0.3, 0.4) is 0 Å². The molecule has 0 saturated carbocycles. The molecule has 1 radical (unpaired) electrons. The summed E-state index contributed by atoms with van der Waals surface area (Å²) in [5.74, 6) is 1.08. The van der Waals surface area contributed by atoms with Gasteiger partial charge in [-0.05, 0) is 12.8 Å². The lowest BCUT2D eigenvalue weighted by Crippen LogP contribution is -2.20. The van der Waals surface area contributed by atoms with Gasteiger partial charge in [-0.2, -0.15) is 0 Å². The lowest BCUT2D eigenvalue weighted by molar-refractivity contribution is 0.149. The van der Waals surface area contributed by atoms with Gasteiger partial charge in [0.25, 0.3) is 0 Å². The number of rotatable bonds is 0. The smallest absolute Gasteiger partial charge is 0.131 e. The Morgan fingerprint density at radius 2 is 2.57 bits per heavy atom. The van der Waals surface area contributed by atoms with Gasteiger partial charge in [-0.25, -0.2) is 0 Å². The number of aliphatic hydroxyl groups is 1. The van der Waals surface area contributed by atoms with Crippen molar-refractivity contribution in [3.8, 4) is 0 Å². The molecule has 1 rings (SSSR count). The molecule has 0 aromatic carbocycles. The predicted molar refractivity (Wildman–Crippen MR) is 29.8 cm³/mol. The van der Waals surface area contributed by atoms with Crippen LogP contribution in [0.5, 0.6) is 0 Å². The second kappa shape index (κ2) is 2.55. The molecule has 7 heavy (non-hydrogen) atoms. The summed E-state index contributed by atoms with van der Waals surface area (Å²) in [5, 5.41) is 8.72. The van der Waals surface area contributed by atoms with Crippen molar-refractivity contribution in [3.05, 3.63) is 0 Å². The van der Waals surface area contributed by atoms with Crippen LogP contribution in [0.2, 0.25) is 0 Å². The highest BCUT2D eigenvalue weighted by atomic mass is 32.2. The van der Waals surface area contributed by atoms with E-state index >= 15 is 0 Å². The van der Waals surface area contributed by atoms with Crippen LogP contribution in [0, 0.1) is 0 Å². The predicted octanol–water partition coefficient (Wildman–Crippen LogP) is 0.351. The molecule has 1 heterocycles. The van der Waals surface area contributed by atoms with Crippen LogP contribution in [0.15, 0.2) is 0 Å². The molecular formula is C4H8NOS. The number of hydrogen-bond acceptors (Lipinski definition) is 2. The van der Waals surface area contributed by atoms with E-state index in [0.29, 0.717) is 0 Å². The maximum absolute atomic E-state index is 8.72. The van der Waals surface area contributed by atoms with Crippen molar-refractivity contribution in [3.63, 3.8) is 0 Å². The van der Waals surface area contributed by atoms with Crippen molar-refractivity contribution in [2.75, 3.05) is 5.75 Å². The van der Waals surface area contributed by atoms with E-state index in [1.165, 1.54) is 11.9 Å². The van der Waals surface area contributed by atoms with E-state index in [4.69, 9.17) is 5.11 Å². The fourth-order valence-electron chi connectivity index (χ4n) is 0.522. The Morgan fingerprint density at radius 1 is 1.71 bits per heavy atom. The number of hydrogen-bond donors (Lipinski definition) is 1. The zero-order chi connectivity index (χ0) is 5.11. The molecule has 2 nitrogen and oxygen atoms in total. The summed E-state index contributed by atoms with van der Waals surface area (Å²) in [5.41, 5.74) is 0. The standard InChI is InChI=1S/C4H8NOS/c6-4-2-1-3-7-5-4/h4,6H,1-3H2. The largest absolute Gasteiger partial charge is 0.376 e. The van der Waals surface area contributed by atoms with Crippen LogP contribution >= 0.6 is 11.9 Å².